The number of hydrogen-bond donors (Lipinski definition) is 2. The Kier molecular flexibility index (Phi) is 8.64. The zero-order chi connectivity index (χ0) is 15.7. The Morgan fingerprint density at radius 2 is 1.90 bits per heavy atom. The molecule has 0 radical (unpaired) electrons. The van der Waals surface area contributed by atoms with Crippen molar-refractivity contribution < 1.29 is 19.4 Å². The summed E-state index contributed by atoms with van der Waals surface area (Å²) in [5.41, 5.74) is 0.559. The van der Waals surface area contributed by atoms with Gasteiger partial charge in [-0.15, -0.1) is 0 Å². The lowest BCUT2D eigenvalue weighted by molar-refractivity contribution is -0.122. The summed E-state index contributed by atoms with van der Waals surface area (Å²) < 4.78 is 10.0. The number of aliphatic hydroxyl groups is 1. The van der Waals surface area contributed by atoms with Crippen LogP contribution in [0.5, 0.6) is 0 Å². The van der Waals surface area contributed by atoms with Crippen LogP contribution in [0, 0.1) is 0 Å². The average molecular weight is 336 g/mol. The van der Waals surface area contributed by atoms with Crippen molar-refractivity contribution in [1.82, 2.24) is 5.32 Å². The van der Waals surface area contributed by atoms with Gasteiger partial charge in [-0.1, -0.05) is 23.2 Å². The fourth-order valence-corrected chi connectivity index (χ4v) is 2.14. The van der Waals surface area contributed by atoms with Crippen molar-refractivity contribution >= 4 is 29.1 Å². The Morgan fingerprint density at radius 3 is 2.52 bits per heavy atom. The number of nitrogens with one attached hydrogen (secondary N) is 1. The van der Waals surface area contributed by atoms with Gasteiger partial charge in [0, 0.05) is 30.1 Å². The first-order valence-electron chi connectivity index (χ1n) is 6.50. The quantitative estimate of drug-likeness (QED) is 0.679. The average Bonchev–Trinajstić information content (AvgIpc) is 2.43. The minimum Gasteiger partial charge on any atom is -0.387 e. The van der Waals surface area contributed by atoms with Crippen LogP contribution in [-0.2, 0) is 14.3 Å². The summed E-state index contributed by atoms with van der Waals surface area (Å²) in [5.74, 6) is -0.195. The lowest BCUT2D eigenvalue weighted by Gasteiger charge is -2.13. The van der Waals surface area contributed by atoms with Crippen molar-refractivity contribution in [2.45, 2.75) is 12.5 Å². The highest BCUT2D eigenvalue weighted by Crippen LogP contribution is 2.23. The fourth-order valence-electron chi connectivity index (χ4n) is 1.59. The molecule has 0 aromatic heterocycles. The zero-order valence-corrected chi connectivity index (χ0v) is 13.3. The highest BCUT2D eigenvalue weighted by Gasteiger charge is 2.11. The van der Waals surface area contributed by atoms with Crippen LogP contribution >= 0.6 is 23.2 Å². The molecule has 1 amide bonds. The molecule has 0 heterocycles. The number of hydrogen-bond acceptors (Lipinski definition) is 4. The number of ether oxygens (including phenoxy) is 2. The lowest BCUT2D eigenvalue weighted by Crippen LogP contribution is -2.29. The molecule has 0 unspecified atom stereocenters. The fraction of sp³-hybridized carbons (Fsp3) is 0.500. The summed E-state index contributed by atoms with van der Waals surface area (Å²) in [5, 5.41) is 13.5. The molecule has 7 heteroatoms. The van der Waals surface area contributed by atoms with Crippen molar-refractivity contribution in [1.29, 1.82) is 0 Å². The van der Waals surface area contributed by atoms with E-state index in [2.05, 4.69) is 5.32 Å². The molecule has 5 nitrogen and oxygen atoms in total. The van der Waals surface area contributed by atoms with Crippen LogP contribution in [0.1, 0.15) is 18.1 Å². The summed E-state index contributed by atoms with van der Waals surface area (Å²) in [4.78, 5) is 11.6. The number of benzene rings is 1. The maximum Gasteiger partial charge on any atom is 0.222 e. The highest BCUT2D eigenvalue weighted by atomic mass is 35.5. The molecule has 0 saturated heterocycles. The molecule has 21 heavy (non-hydrogen) atoms. The minimum absolute atomic E-state index is 0.0908. The van der Waals surface area contributed by atoms with E-state index in [1.807, 2.05) is 0 Å². The molecule has 1 aromatic carbocycles. The van der Waals surface area contributed by atoms with Crippen LogP contribution in [0.2, 0.25) is 10.0 Å². The molecule has 0 aliphatic rings. The van der Waals surface area contributed by atoms with Crippen molar-refractivity contribution in [3.63, 3.8) is 0 Å². The Hall–Kier alpha value is -0.850. The number of methoxy groups -OCH3 is 1. The van der Waals surface area contributed by atoms with Gasteiger partial charge in [-0.05, 0) is 23.8 Å². The molecular weight excluding hydrogens is 317 g/mol. The molecule has 1 aromatic rings. The molecular formula is C14H19Cl2NO4. The van der Waals surface area contributed by atoms with E-state index in [0.717, 1.165) is 0 Å². The summed E-state index contributed by atoms with van der Waals surface area (Å²) in [6, 6.07) is 4.80. The van der Waals surface area contributed by atoms with E-state index in [0.29, 0.717) is 35.4 Å². The highest BCUT2D eigenvalue weighted by molar-refractivity contribution is 6.34. The predicted molar refractivity (Wildman–Crippen MR) is 81.7 cm³/mol. The van der Waals surface area contributed by atoms with E-state index in [-0.39, 0.29) is 18.9 Å². The predicted octanol–water partition coefficient (Wildman–Crippen LogP) is 2.20. The standard InChI is InChI=1S/C14H19Cl2NO4/c1-20-4-5-21-3-2-14(19)17-9-13(18)10-6-11(15)8-12(16)7-10/h6-8,13,18H,2-5,9H2,1H3,(H,17,19)/t13-/m0/s1. The van der Waals surface area contributed by atoms with Crippen LogP contribution in [-0.4, -0.2) is 44.5 Å². The first kappa shape index (κ1) is 18.2. The lowest BCUT2D eigenvalue weighted by atomic mass is 10.1. The Morgan fingerprint density at radius 1 is 1.24 bits per heavy atom. The van der Waals surface area contributed by atoms with Crippen molar-refractivity contribution in [2.75, 3.05) is 33.5 Å². The zero-order valence-electron chi connectivity index (χ0n) is 11.8. The summed E-state index contributed by atoms with van der Waals surface area (Å²) in [6.07, 6.45) is -0.633. The van der Waals surface area contributed by atoms with Crippen molar-refractivity contribution in [3.8, 4) is 0 Å². The van der Waals surface area contributed by atoms with Gasteiger partial charge in [-0.3, -0.25) is 4.79 Å². The molecule has 0 saturated carbocycles. The number of halogens is 2. The van der Waals surface area contributed by atoms with Gasteiger partial charge < -0.3 is 19.9 Å². The molecule has 1 atom stereocenters. The van der Waals surface area contributed by atoms with Gasteiger partial charge in [0.15, 0.2) is 0 Å². The van der Waals surface area contributed by atoms with Crippen molar-refractivity contribution in [3.05, 3.63) is 33.8 Å². The third-order valence-electron chi connectivity index (χ3n) is 2.67. The van der Waals surface area contributed by atoms with Crippen LogP contribution in [0.4, 0.5) is 0 Å². The summed E-state index contributed by atoms with van der Waals surface area (Å²) in [7, 11) is 1.58. The van der Waals surface area contributed by atoms with Gasteiger partial charge in [0.1, 0.15) is 0 Å². The van der Waals surface area contributed by atoms with Crippen LogP contribution in [0.25, 0.3) is 0 Å². The van der Waals surface area contributed by atoms with E-state index in [1.54, 1.807) is 25.3 Å². The van der Waals surface area contributed by atoms with E-state index in [9.17, 15) is 9.90 Å². The van der Waals surface area contributed by atoms with Gasteiger partial charge in [0.2, 0.25) is 5.91 Å². The van der Waals surface area contributed by atoms with Gasteiger partial charge in [0.25, 0.3) is 0 Å². The normalized spacial score (nSPS) is 12.2. The largest absolute Gasteiger partial charge is 0.387 e. The third kappa shape index (κ3) is 7.64. The maximum absolute atomic E-state index is 11.6. The molecule has 0 aliphatic heterocycles. The Balaban J connectivity index is 2.28. The SMILES string of the molecule is COCCOCCC(=O)NC[C@H](O)c1cc(Cl)cc(Cl)c1. The Labute approximate surface area is 134 Å². The smallest absolute Gasteiger partial charge is 0.222 e. The number of carbonyl (C=O) groups is 1. The van der Waals surface area contributed by atoms with Gasteiger partial charge in [0.05, 0.1) is 25.9 Å². The monoisotopic (exact) mass is 335 g/mol. The second kappa shape index (κ2) is 9.97. The van der Waals surface area contributed by atoms with Crippen LogP contribution in [0.3, 0.4) is 0 Å². The van der Waals surface area contributed by atoms with E-state index in [4.69, 9.17) is 32.7 Å². The van der Waals surface area contributed by atoms with E-state index < -0.39 is 6.10 Å². The number of amides is 1. The molecule has 2 N–H and O–H groups in total. The molecule has 0 fully saturated rings. The topological polar surface area (TPSA) is 67.8 Å². The molecule has 0 bridgehead atoms. The molecule has 0 aliphatic carbocycles. The van der Waals surface area contributed by atoms with Gasteiger partial charge >= 0.3 is 0 Å². The Bertz CT molecular complexity index is 436. The van der Waals surface area contributed by atoms with E-state index >= 15 is 0 Å². The van der Waals surface area contributed by atoms with Gasteiger partial charge in [-0.25, -0.2) is 0 Å². The van der Waals surface area contributed by atoms with Gasteiger partial charge in [-0.2, -0.15) is 0 Å². The maximum atomic E-state index is 11.6. The summed E-state index contributed by atoms with van der Waals surface area (Å²) >= 11 is 11.7. The third-order valence-corrected chi connectivity index (χ3v) is 3.10. The first-order chi connectivity index (χ1) is 10.0. The van der Waals surface area contributed by atoms with Crippen LogP contribution < -0.4 is 5.32 Å². The summed E-state index contributed by atoms with van der Waals surface area (Å²) in [6.45, 7) is 1.35. The first-order valence-corrected chi connectivity index (χ1v) is 7.26. The van der Waals surface area contributed by atoms with Crippen LogP contribution in [0.15, 0.2) is 18.2 Å². The second-order valence-corrected chi connectivity index (χ2v) is 5.25. The molecule has 0 spiro atoms. The second-order valence-electron chi connectivity index (χ2n) is 4.38. The molecule has 118 valence electrons. The number of aliphatic hydroxyl groups excluding tert-OH is 1. The minimum atomic E-state index is -0.862. The number of rotatable bonds is 9. The molecule has 1 rings (SSSR count). The van der Waals surface area contributed by atoms with Crippen molar-refractivity contribution in [2.24, 2.45) is 0 Å². The van der Waals surface area contributed by atoms with E-state index in [1.165, 1.54) is 0 Å². The number of carbonyl (C=O) groups excluding carboxylic acids is 1.